The first-order valence-corrected chi connectivity index (χ1v) is 7.80. The zero-order valence-electron chi connectivity index (χ0n) is 9.99. The fraction of sp³-hybridized carbons (Fsp3) is 0. The van der Waals surface area contributed by atoms with Crippen molar-refractivity contribution >= 4 is 56.5 Å². The number of benzene rings is 1. The zero-order valence-corrected chi connectivity index (χ0v) is 14.3. The van der Waals surface area contributed by atoms with Crippen molar-refractivity contribution in [2.24, 2.45) is 0 Å². The van der Waals surface area contributed by atoms with Crippen LogP contribution < -0.4 is 5.23 Å². The van der Waals surface area contributed by atoms with Crippen LogP contribution in [0.2, 0.25) is 0 Å². The molecule has 0 unspecified atom stereocenters. The van der Waals surface area contributed by atoms with Gasteiger partial charge < -0.3 is 14.8 Å². The molecule has 2 heterocycles. The molecule has 0 amide bonds. The summed E-state index contributed by atoms with van der Waals surface area (Å²) in [7, 11) is 0. The van der Waals surface area contributed by atoms with E-state index in [0.717, 1.165) is 20.5 Å². The molecule has 3 rings (SSSR count). The van der Waals surface area contributed by atoms with Crippen molar-refractivity contribution in [1.82, 2.24) is 9.38 Å². The normalized spacial score (nSPS) is 11.0. The number of halogens is 2. The first kappa shape index (κ1) is 14.0. The first-order chi connectivity index (χ1) is 9.54. The number of hydrogen-bond donors (Lipinski definition) is 1. The average molecular weight is 492 g/mol. The molecule has 1 aromatic carbocycles. The van der Waals surface area contributed by atoms with Crippen LogP contribution in [0.15, 0.2) is 42.7 Å². The fourth-order valence-electron chi connectivity index (χ4n) is 1.92. The van der Waals surface area contributed by atoms with Gasteiger partial charge in [0, 0.05) is 25.1 Å². The summed E-state index contributed by atoms with van der Waals surface area (Å²) in [5, 5.41) is 20.1. The minimum absolute atomic E-state index is 0.121. The number of imidazole rings is 1. The predicted molar refractivity (Wildman–Crippen MR) is 93.7 cm³/mol. The lowest BCUT2D eigenvalue weighted by Crippen LogP contribution is -2.08. The van der Waals surface area contributed by atoms with Gasteiger partial charge in [-0.05, 0) is 69.4 Å². The summed E-state index contributed by atoms with van der Waals surface area (Å²) in [5.41, 5.74) is 2.60. The number of rotatable bonds is 2. The Morgan fingerprint density at radius 2 is 1.95 bits per heavy atom. The number of hydrogen-bond acceptors (Lipinski definition) is 4. The van der Waals surface area contributed by atoms with Crippen LogP contribution in [-0.2, 0) is 0 Å². The molecule has 1 N–H and O–H groups in total. The van der Waals surface area contributed by atoms with Crippen LogP contribution in [0.4, 0.5) is 5.69 Å². The van der Waals surface area contributed by atoms with Gasteiger partial charge >= 0.3 is 0 Å². The molecule has 3 aromatic rings. The molecule has 2 aromatic heterocycles. The van der Waals surface area contributed by atoms with Gasteiger partial charge in [0.1, 0.15) is 5.65 Å². The number of fused-ring (bicyclic) bond motifs is 1. The van der Waals surface area contributed by atoms with Gasteiger partial charge in [0.15, 0.2) is 0 Å². The zero-order chi connectivity index (χ0) is 14.3. The second kappa shape index (κ2) is 5.47. The minimum Gasteiger partial charge on any atom is -0.733 e. The van der Waals surface area contributed by atoms with E-state index < -0.39 is 0 Å². The summed E-state index contributed by atoms with van der Waals surface area (Å²) in [6.45, 7) is 0. The Balaban J connectivity index is 2.13. The lowest BCUT2D eigenvalue weighted by Gasteiger charge is -2.23. The van der Waals surface area contributed by atoms with E-state index in [0.29, 0.717) is 3.57 Å². The number of pyridine rings is 1. The fourth-order valence-corrected chi connectivity index (χ4v) is 2.94. The van der Waals surface area contributed by atoms with Crippen LogP contribution in [0.25, 0.3) is 16.9 Å². The van der Waals surface area contributed by atoms with Crippen molar-refractivity contribution < 1.29 is 5.21 Å². The summed E-state index contributed by atoms with van der Waals surface area (Å²) in [5.74, 6) is 0. The van der Waals surface area contributed by atoms with E-state index in [1.807, 2.05) is 57.6 Å². The maximum Gasteiger partial charge on any atom is 0.137 e. The van der Waals surface area contributed by atoms with Crippen molar-refractivity contribution in [3.8, 4) is 11.3 Å². The Hall–Kier alpha value is -0.910. The van der Waals surface area contributed by atoms with E-state index >= 15 is 0 Å². The SMILES string of the molecule is [O-]N(O)c1cc(-c2cn3cc(I)ccc3n2)ccc1I. The quantitative estimate of drug-likeness (QED) is 0.436. The molecule has 0 atom stereocenters. The highest BCUT2D eigenvalue weighted by Gasteiger charge is 2.08. The molecule has 0 aliphatic rings. The van der Waals surface area contributed by atoms with E-state index in [1.54, 1.807) is 12.1 Å². The highest BCUT2D eigenvalue weighted by Crippen LogP contribution is 2.28. The summed E-state index contributed by atoms with van der Waals surface area (Å²) < 4.78 is 3.73. The van der Waals surface area contributed by atoms with Crippen molar-refractivity contribution in [1.29, 1.82) is 0 Å². The first-order valence-electron chi connectivity index (χ1n) is 5.65. The molecule has 0 aliphatic heterocycles. The summed E-state index contributed by atoms with van der Waals surface area (Å²) >= 11 is 4.24. The second-order valence-electron chi connectivity index (χ2n) is 4.18. The van der Waals surface area contributed by atoms with Crippen molar-refractivity contribution in [3.05, 3.63) is 55.1 Å². The molecule has 0 radical (unpaired) electrons. The Morgan fingerprint density at radius 1 is 1.15 bits per heavy atom. The minimum atomic E-state index is -0.121. The van der Waals surface area contributed by atoms with Gasteiger partial charge in [-0.3, -0.25) is 5.21 Å². The molecule has 7 heteroatoms. The number of aromatic nitrogens is 2. The molecule has 0 fully saturated rings. The van der Waals surface area contributed by atoms with E-state index in [2.05, 4.69) is 27.6 Å². The Labute approximate surface area is 142 Å². The summed E-state index contributed by atoms with van der Waals surface area (Å²) in [6, 6.07) is 9.20. The molecule has 0 saturated heterocycles. The molecule has 0 aliphatic carbocycles. The van der Waals surface area contributed by atoms with Crippen LogP contribution in [-0.4, -0.2) is 14.6 Å². The maximum atomic E-state index is 11.1. The van der Waals surface area contributed by atoms with Crippen molar-refractivity contribution in [2.45, 2.75) is 0 Å². The van der Waals surface area contributed by atoms with E-state index in [1.165, 1.54) is 0 Å². The summed E-state index contributed by atoms with van der Waals surface area (Å²) in [4.78, 5) is 4.51. The Bertz CT molecular complexity index is 786. The molecular weight excluding hydrogens is 484 g/mol. The number of anilines is 1. The highest BCUT2D eigenvalue weighted by atomic mass is 127. The van der Waals surface area contributed by atoms with Gasteiger partial charge in [-0.1, -0.05) is 6.07 Å². The van der Waals surface area contributed by atoms with Gasteiger partial charge in [0.05, 0.1) is 11.4 Å². The highest BCUT2D eigenvalue weighted by molar-refractivity contribution is 14.1. The average Bonchev–Trinajstić information content (AvgIpc) is 2.81. The molecule has 102 valence electrons. The van der Waals surface area contributed by atoms with Crippen LogP contribution in [0.3, 0.4) is 0 Å². The molecule has 20 heavy (non-hydrogen) atoms. The molecular formula is C13H8I2N3O2-. The maximum absolute atomic E-state index is 11.1. The van der Waals surface area contributed by atoms with Crippen molar-refractivity contribution in [2.75, 3.05) is 5.23 Å². The van der Waals surface area contributed by atoms with Gasteiger partial charge in [-0.2, -0.15) is 0 Å². The Morgan fingerprint density at radius 3 is 2.70 bits per heavy atom. The van der Waals surface area contributed by atoms with E-state index in [9.17, 15) is 5.21 Å². The third kappa shape index (κ3) is 2.62. The number of nitrogens with zero attached hydrogens (tertiary/aromatic N) is 3. The van der Waals surface area contributed by atoms with Crippen LogP contribution in [0.5, 0.6) is 0 Å². The van der Waals surface area contributed by atoms with Gasteiger partial charge in [0.2, 0.25) is 0 Å². The summed E-state index contributed by atoms with van der Waals surface area (Å²) in [6.07, 6.45) is 3.88. The monoisotopic (exact) mass is 492 g/mol. The van der Waals surface area contributed by atoms with E-state index in [4.69, 9.17) is 5.21 Å². The third-order valence-electron chi connectivity index (χ3n) is 2.86. The lowest BCUT2D eigenvalue weighted by molar-refractivity contribution is 0.296. The third-order valence-corrected chi connectivity index (χ3v) is 4.41. The van der Waals surface area contributed by atoms with Gasteiger partial charge in [0.25, 0.3) is 0 Å². The topological polar surface area (TPSA) is 63.8 Å². The van der Waals surface area contributed by atoms with Crippen LogP contribution in [0.1, 0.15) is 0 Å². The van der Waals surface area contributed by atoms with Gasteiger partial charge in [-0.25, -0.2) is 4.98 Å². The van der Waals surface area contributed by atoms with Gasteiger partial charge in [-0.15, -0.1) is 0 Å². The Kier molecular flexibility index (Phi) is 3.84. The van der Waals surface area contributed by atoms with E-state index in [-0.39, 0.29) is 10.9 Å². The smallest absolute Gasteiger partial charge is 0.137 e. The van der Waals surface area contributed by atoms with Crippen LogP contribution >= 0.6 is 45.2 Å². The standard InChI is InChI=1S/C13H8I2N3O2/c14-9-2-4-13-16-11(7-17(13)6-9)8-1-3-10(15)12(5-8)18(19)20/h1-7,19H/q-1. The molecule has 0 spiro atoms. The van der Waals surface area contributed by atoms with Crippen LogP contribution in [0, 0.1) is 12.3 Å². The lowest BCUT2D eigenvalue weighted by atomic mass is 10.1. The second-order valence-corrected chi connectivity index (χ2v) is 6.59. The molecule has 0 bridgehead atoms. The molecule has 5 nitrogen and oxygen atoms in total. The predicted octanol–water partition coefficient (Wildman–Crippen LogP) is 3.90. The molecule has 0 saturated carbocycles. The largest absolute Gasteiger partial charge is 0.733 e. The van der Waals surface area contributed by atoms with Crippen molar-refractivity contribution in [3.63, 3.8) is 0 Å².